The van der Waals surface area contributed by atoms with Crippen molar-refractivity contribution in [1.82, 2.24) is 4.98 Å². The Kier molecular flexibility index (Phi) is 3.49. The average molecular weight is 277 g/mol. The second-order valence-electron chi connectivity index (χ2n) is 2.94. The summed E-state index contributed by atoms with van der Waals surface area (Å²) in [4.78, 5) is 12.6. The third-order valence-electron chi connectivity index (χ3n) is 1.74. The molecule has 1 N–H and O–H groups in total. The molecule has 0 fully saturated rings. The zero-order chi connectivity index (χ0) is 14.1. The summed E-state index contributed by atoms with van der Waals surface area (Å²) in [5, 5.41) is 0. The van der Waals surface area contributed by atoms with Crippen LogP contribution in [0.2, 0.25) is 0 Å². The fraction of sp³-hybridized carbons (Fsp3) is 0.375. The second kappa shape index (κ2) is 4.42. The molecule has 1 rings (SSSR count). The number of rotatable bonds is 2. The van der Waals surface area contributed by atoms with Gasteiger partial charge in [0, 0.05) is 6.20 Å². The number of hydrogen-bond donors (Lipinski definition) is 1. The highest BCUT2D eigenvalue weighted by Crippen LogP contribution is 2.41. The molecule has 1 heterocycles. The van der Waals surface area contributed by atoms with Crippen LogP contribution in [-0.4, -0.2) is 18.5 Å². The van der Waals surface area contributed by atoms with Crippen LogP contribution in [0.15, 0.2) is 11.0 Å². The Morgan fingerprint density at radius 1 is 1.17 bits per heavy atom. The molecule has 10 heteroatoms. The van der Waals surface area contributed by atoms with Crippen LogP contribution in [-0.2, 0) is 6.18 Å². The minimum atomic E-state index is -5.43. The smallest absolute Gasteiger partial charge is 0.494 e. The van der Waals surface area contributed by atoms with Gasteiger partial charge in [-0.2, -0.15) is 13.2 Å². The molecule has 0 aliphatic rings. The highest BCUT2D eigenvalue weighted by atomic mass is 19.4. The van der Waals surface area contributed by atoms with Crippen LogP contribution in [0.25, 0.3) is 0 Å². The number of methoxy groups -OCH3 is 1. The number of aromatic nitrogens is 1. The Morgan fingerprint density at radius 2 is 1.72 bits per heavy atom. The summed E-state index contributed by atoms with van der Waals surface area (Å²) in [6, 6.07) is 0. The van der Waals surface area contributed by atoms with E-state index in [1.165, 1.54) is 0 Å². The number of aromatic amines is 1. The van der Waals surface area contributed by atoms with Gasteiger partial charge < -0.3 is 14.5 Å². The Balaban J connectivity index is 3.52. The first kappa shape index (κ1) is 14.2. The summed E-state index contributed by atoms with van der Waals surface area (Å²) in [6.07, 6.45) is -10.2. The van der Waals surface area contributed by atoms with E-state index in [1.807, 2.05) is 0 Å². The van der Waals surface area contributed by atoms with Gasteiger partial charge in [0.2, 0.25) is 5.75 Å². The lowest BCUT2D eigenvalue weighted by atomic mass is 10.2. The van der Waals surface area contributed by atoms with Crippen molar-refractivity contribution >= 4 is 0 Å². The molecule has 0 amide bonds. The van der Waals surface area contributed by atoms with E-state index < -0.39 is 35.2 Å². The minimum Gasteiger partial charge on any atom is -0.494 e. The van der Waals surface area contributed by atoms with E-state index in [9.17, 15) is 31.1 Å². The zero-order valence-electron chi connectivity index (χ0n) is 8.57. The van der Waals surface area contributed by atoms with E-state index in [0.717, 1.165) is 7.11 Å². The SMILES string of the molecule is COc1c[nH]c(=O)c(OC(F)(F)F)c1C(F)(F)F. The molecule has 0 atom stereocenters. The van der Waals surface area contributed by atoms with Crippen LogP contribution >= 0.6 is 0 Å². The summed E-state index contributed by atoms with van der Waals surface area (Å²) < 4.78 is 80.9. The Morgan fingerprint density at radius 3 is 2.11 bits per heavy atom. The van der Waals surface area contributed by atoms with E-state index in [0.29, 0.717) is 6.20 Å². The van der Waals surface area contributed by atoms with Crippen molar-refractivity contribution in [1.29, 1.82) is 0 Å². The maximum absolute atomic E-state index is 12.6. The number of hydrogen-bond acceptors (Lipinski definition) is 3. The van der Waals surface area contributed by atoms with Gasteiger partial charge in [-0.05, 0) is 0 Å². The van der Waals surface area contributed by atoms with Crippen molar-refractivity contribution in [2.75, 3.05) is 7.11 Å². The first-order valence-electron chi connectivity index (χ1n) is 4.19. The standard InChI is InChI=1S/C8H5F6NO3/c1-17-3-2-15-6(16)5(18-8(12,13)14)4(3)7(9,10)11/h2H,1H3,(H,15,16). The van der Waals surface area contributed by atoms with Gasteiger partial charge in [-0.3, -0.25) is 4.79 Å². The zero-order valence-corrected chi connectivity index (χ0v) is 8.57. The van der Waals surface area contributed by atoms with E-state index in [-0.39, 0.29) is 0 Å². The fourth-order valence-corrected chi connectivity index (χ4v) is 1.14. The number of halogens is 6. The molecule has 18 heavy (non-hydrogen) atoms. The van der Waals surface area contributed by atoms with Gasteiger partial charge in [-0.15, -0.1) is 13.2 Å². The molecule has 0 spiro atoms. The maximum atomic E-state index is 12.6. The molecule has 1 aromatic heterocycles. The number of pyridine rings is 1. The summed E-state index contributed by atoms with van der Waals surface area (Å²) in [5.41, 5.74) is -3.59. The van der Waals surface area contributed by atoms with Gasteiger partial charge >= 0.3 is 12.5 Å². The average Bonchev–Trinajstić information content (AvgIpc) is 2.17. The summed E-state index contributed by atoms with van der Waals surface area (Å²) >= 11 is 0. The van der Waals surface area contributed by atoms with E-state index in [1.54, 1.807) is 4.98 Å². The molecular formula is C8H5F6NO3. The predicted molar refractivity (Wildman–Crippen MR) is 45.3 cm³/mol. The van der Waals surface area contributed by atoms with Gasteiger partial charge in [-0.25, -0.2) is 0 Å². The summed E-state index contributed by atoms with van der Waals surface area (Å²) in [7, 11) is 0.806. The molecule has 0 aliphatic carbocycles. The van der Waals surface area contributed by atoms with Crippen LogP contribution in [0.1, 0.15) is 5.56 Å². The number of ether oxygens (including phenoxy) is 2. The predicted octanol–water partition coefficient (Wildman–Crippen LogP) is 2.30. The van der Waals surface area contributed by atoms with E-state index in [4.69, 9.17) is 0 Å². The van der Waals surface area contributed by atoms with E-state index >= 15 is 0 Å². The lowest BCUT2D eigenvalue weighted by Gasteiger charge is -2.16. The molecule has 0 aliphatic heterocycles. The van der Waals surface area contributed by atoms with Crippen molar-refractivity contribution in [3.05, 3.63) is 22.1 Å². The molecule has 1 aromatic rings. The van der Waals surface area contributed by atoms with Gasteiger partial charge in [-0.1, -0.05) is 0 Å². The largest absolute Gasteiger partial charge is 0.573 e. The Bertz CT molecular complexity index is 489. The van der Waals surface area contributed by atoms with Crippen molar-refractivity contribution in [3.8, 4) is 11.5 Å². The summed E-state index contributed by atoms with van der Waals surface area (Å²) in [5.74, 6) is -2.89. The van der Waals surface area contributed by atoms with E-state index in [2.05, 4.69) is 9.47 Å². The maximum Gasteiger partial charge on any atom is 0.573 e. The third kappa shape index (κ3) is 3.08. The lowest BCUT2D eigenvalue weighted by Crippen LogP contribution is -2.26. The van der Waals surface area contributed by atoms with Gasteiger partial charge in [0.1, 0.15) is 5.56 Å². The molecule has 0 radical (unpaired) electrons. The van der Waals surface area contributed by atoms with Gasteiger partial charge in [0.15, 0.2) is 5.75 Å². The highest BCUT2D eigenvalue weighted by molar-refractivity contribution is 5.44. The van der Waals surface area contributed by atoms with Crippen LogP contribution in [0.5, 0.6) is 11.5 Å². The number of H-pyrrole nitrogens is 1. The fourth-order valence-electron chi connectivity index (χ4n) is 1.14. The molecule has 0 bridgehead atoms. The number of alkyl halides is 6. The lowest BCUT2D eigenvalue weighted by molar-refractivity contribution is -0.276. The quantitative estimate of drug-likeness (QED) is 0.844. The normalized spacial score (nSPS) is 12.4. The van der Waals surface area contributed by atoms with Crippen molar-refractivity contribution in [2.24, 2.45) is 0 Å². The monoisotopic (exact) mass is 277 g/mol. The minimum absolute atomic E-state index is 0.494. The van der Waals surface area contributed by atoms with Crippen LogP contribution in [0.4, 0.5) is 26.3 Å². The molecule has 102 valence electrons. The molecule has 0 aromatic carbocycles. The Hall–Kier alpha value is -1.87. The second-order valence-corrected chi connectivity index (χ2v) is 2.94. The third-order valence-corrected chi connectivity index (χ3v) is 1.74. The summed E-state index contributed by atoms with van der Waals surface area (Å²) in [6.45, 7) is 0. The van der Waals surface area contributed by atoms with Gasteiger partial charge in [0.25, 0.3) is 5.56 Å². The van der Waals surface area contributed by atoms with Crippen LogP contribution in [0, 0.1) is 0 Å². The van der Waals surface area contributed by atoms with Crippen LogP contribution < -0.4 is 15.0 Å². The first-order valence-corrected chi connectivity index (χ1v) is 4.19. The highest BCUT2D eigenvalue weighted by Gasteiger charge is 2.43. The van der Waals surface area contributed by atoms with Crippen molar-refractivity contribution in [2.45, 2.75) is 12.5 Å². The van der Waals surface area contributed by atoms with Crippen LogP contribution in [0.3, 0.4) is 0 Å². The topological polar surface area (TPSA) is 51.3 Å². The molecule has 0 unspecified atom stereocenters. The Labute approximate surface area is 95.1 Å². The van der Waals surface area contributed by atoms with Crippen molar-refractivity contribution in [3.63, 3.8) is 0 Å². The molecule has 0 saturated heterocycles. The first-order chi connectivity index (χ1) is 8.06. The molecular weight excluding hydrogens is 272 g/mol. The van der Waals surface area contributed by atoms with Crippen molar-refractivity contribution < 1.29 is 35.8 Å². The molecule has 4 nitrogen and oxygen atoms in total. The number of nitrogens with one attached hydrogen (secondary N) is 1. The molecule has 0 saturated carbocycles. The van der Waals surface area contributed by atoms with Gasteiger partial charge in [0.05, 0.1) is 7.11 Å².